The molecular formula is C11H19NOS. The zero-order chi connectivity index (χ0) is 10.6. The highest BCUT2D eigenvalue weighted by Crippen LogP contribution is 2.28. The van der Waals surface area contributed by atoms with E-state index < -0.39 is 0 Å². The van der Waals surface area contributed by atoms with E-state index in [0.29, 0.717) is 5.92 Å². The third kappa shape index (κ3) is 3.07. The van der Waals surface area contributed by atoms with E-state index in [0.717, 1.165) is 17.0 Å². The highest BCUT2D eigenvalue weighted by Gasteiger charge is 2.15. The minimum Gasteiger partial charge on any atom is -0.387 e. The molecule has 0 radical (unpaired) electrons. The summed E-state index contributed by atoms with van der Waals surface area (Å²) >= 11 is 1.56. The molecule has 0 aliphatic carbocycles. The van der Waals surface area contributed by atoms with E-state index in [2.05, 4.69) is 18.8 Å². The minimum absolute atomic E-state index is 0.316. The van der Waals surface area contributed by atoms with Crippen LogP contribution < -0.4 is 0 Å². The molecule has 2 unspecified atom stereocenters. The average molecular weight is 213 g/mol. The molecule has 0 aromatic carbocycles. The second-order valence-corrected chi connectivity index (χ2v) is 4.83. The molecule has 0 spiro atoms. The number of aliphatic hydroxyl groups is 1. The predicted molar refractivity (Wildman–Crippen MR) is 60.5 cm³/mol. The van der Waals surface area contributed by atoms with E-state index in [-0.39, 0.29) is 6.10 Å². The fraction of sp³-hybridized carbons (Fsp3) is 0.727. The Morgan fingerprint density at radius 2 is 2.29 bits per heavy atom. The Labute approximate surface area is 90.0 Å². The summed E-state index contributed by atoms with van der Waals surface area (Å²) in [7, 11) is 0. The van der Waals surface area contributed by atoms with E-state index in [9.17, 15) is 5.11 Å². The number of thiazole rings is 1. The molecule has 1 N–H and O–H groups in total. The van der Waals surface area contributed by atoms with Gasteiger partial charge >= 0.3 is 0 Å². The zero-order valence-corrected chi connectivity index (χ0v) is 9.97. The van der Waals surface area contributed by atoms with Gasteiger partial charge in [-0.1, -0.05) is 26.7 Å². The van der Waals surface area contributed by atoms with Crippen LogP contribution in [0.5, 0.6) is 0 Å². The average Bonchev–Trinajstić information content (AvgIpc) is 2.51. The van der Waals surface area contributed by atoms with Crippen LogP contribution in [0, 0.1) is 12.8 Å². The summed E-state index contributed by atoms with van der Waals surface area (Å²) in [5.74, 6) is 0.594. The summed E-state index contributed by atoms with van der Waals surface area (Å²) in [6, 6.07) is 0. The first kappa shape index (κ1) is 11.7. The fourth-order valence-electron chi connectivity index (χ4n) is 1.73. The number of rotatable bonds is 5. The summed E-state index contributed by atoms with van der Waals surface area (Å²) in [6.07, 6.45) is 2.92. The number of nitrogens with zero attached hydrogens (tertiary/aromatic N) is 1. The second kappa shape index (κ2) is 5.47. The Morgan fingerprint density at radius 1 is 1.57 bits per heavy atom. The van der Waals surface area contributed by atoms with Gasteiger partial charge in [0.1, 0.15) is 0 Å². The molecule has 0 aliphatic heterocycles. The topological polar surface area (TPSA) is 33.1 Å². The summed E-state index contributed by atoms with van der Waals surface area (Å²) < 4.78 is 0. The van der Waals surface area contributed by atoms with Crippen molar-refractivity contribution in [1.82, 2.24) is 4.98 Å². The largest absolute Gasteiger partial charge is 0.387 e. The van der Waals surface area contributed by atoms with E-state index in [1.54, 1.807) is 16.8 Å². The highest BCUT2D eigenvalue weighted by atomic mass is 32.1. The van der Waals surface area contributed by atoms with Crippen LogP contribution in [0.15, 0.2) is 5.51 Å². The molecule has 0 amide bonds. The Kier molecular flexibility index (Phi) is 4.55. The lowest BCUT2D eigenvalue weighted by molar-refractivity contribution is 0.148. The van der Waals surface area contributed by atoms with Gasteiger partial charge in [-0.3, -0.25) is 0 Å². The van der Waals surface area contributed by atoms with E-state index in [4.69, 9.17) is 0 Å². The first-order chi connectivity index (χ1) is 6.65. The molecule has 14 heavy (non-hydrogen) atoms. The molecule has 0 saturated heterocycles. The van der Waals surface area contributed by atoms with Crippen LogP contribution in [0.4, 0.5) is 0 Å². The summed E-state index contributed by atoms with van der Waals surface area (Å²) in [6.45, 7) is 6.34. The van der Waals surface area contributed by atoms with Crippen LogP contribution in [0.25, 0.3) is 0 Å². The van der Waals surface area contributed by atoms with Crippen LogP contribution >= 0.6 is 11.3 Å². The normalized spacial score (nSPS) is 15.4. The fourth-order valence-corrected chi connectivity index (χ4v) is 2.53. The Morgan fingerprint density at radius 3 is 2.79 bits per heavy atom. The molecule has 1 aromatic rings. The van der Waals surface area contributed by atoms with Gasteiger partial charge in [-0.2, -0.15) is 0 Å². The zero-order valence-electron chi connectivity index (χ0n) is 9.16. The number of aryl methyl sites for hydroxylation is 1. The first-order valence-corrected chi connectivity index (χ1v) is 6.11. The smallest absolute Gasteiger partial charge is 0.0903 e. The van der Waals surface area contributed by atoms with E-state index in [1.807, 2.05) is 6.92 Å². The number of hydrogen-bond acceptors (Lipinski definition) is 3. The maximum atomic E-state index is 9.96. The summed E-state index contributed by atoms with van der Waals surface area (Å²) in [4.78, 5) is 5.18. The van der Waals surface area contributed by atoms with Crippen molar-refractivity contribution in [3.05, 3.63) is 16.1 Å². The van der Waals surface area contributed by atoms with E-state index >= 15 is 0 Å². The minimum atomic E-state index is -0.316. The van der Waals surface area contributed by atoms with Gasteiger partial charge in [-0.25, -0.2) is 4.98 Å². The molecule has 2 nitrogen and oxygen atoms in total. The van der Waals surface area contributed by atoms with Crippen LogP contribution in [0.1, 0.15) is 49.8 Å². The Balaban J connectivity index is 2.50. The molecule has 80 valence electrons. The van der Waals surface area contributed by atoms with Crippen LogP contribution in [-0.4, -0.2) is 10.1 Å². The van der Waals surface area contributed by atoms with Gasteiger partial charge in [0.2, 0.25) is 0 Å². The van der Waals surface area contributed by atoms with Crippen LogP contribution in [0.2, 0.25) is 0 Å². The monoisotopic (exact) mass is 213 g/mol. The maximum absolute atomic E-state index is 9.96. The van der Waals surface area contributed by atoms with Gasteiger partial charge in [0, 0.05) is 0 Å². The number of aliphatic hydroxyl groups excluding tert-OH is 1. The Hall–Kier alpha value is -0.410. The lowest BCUT2D eigenvalue weighted by Crippen LogP contribution is -2.04. The second-order valence-electron chi connectivity index (χ2n) is 3.95. The van der Waals surface area contributed by atoms with Gasteiger partial charge in [0.15, 0.2) is 0 Å². The quantitative estimate of drug-likeness (QED) is 0.814. The maximum Gasteiger partial charge on any atom is 0.0903 e. The van der Waals surface area contributed by atoms with E-state index in [1.165, 1.54) is 12.8 Å². The van der Waals surface area contributed by atoms with Crippen molar-refractivity contribution in [2.24, 2.45) is 5.92 Å². The predicted octanol–water partition coefficient (Wildman–Crippen LogP) is 3.31. The van der Waals surface area contributed by atoms with Crippen molar-refractivity contribution in [3.63, 3.8) is 0 Å². The molecule has 1 aromatic heterocycles. The lowest BCUT2D eigenvalue weighted by atomic mass is 9.98. The van der Waals surface area contributed by atoms with Crippen molar-refractivity contribution < 1.29 is 5.11 Å². The van der Waals surface area contributed by atoms with Gasteiger partial charge in [0.25, 0.3) is 0 Å². The van der Waals surface area contributed by atoms with Crippen LogP contribution in [-0.2, 0) is 0 Å². The standard InChI is InChI=1S/C11H19NOS/c1-4-5-8(2)6-10(13)11-9(3)12-7-14-11/h7-8,10,13H,4-6H2,1-3H3. The van der Waals surface area contributed by atoms with Gasteiger partial charge < -0.3 is 5.11 Å². The molecule has 0 fully saturated rings. The molecular weight excluding hydrogens is 194 g/mol. The van der Waals surface area contributed by atoms with Crippen molar-refractivity contribution in [2.75, 3.05) is 0 Å². The SMILES string of the molecule is CCCC(C)CC(O)c1scnc1C. The summed E-state index contributed by atoms with van der Waals surface area (Å²) in [5.41, 5.74) is 2.78. The van der Waals surface area contributed by atoms with Gasteiger partial charge in [-0.15, -0.1) is 11.3 Å². The molecule has 0 saturated carbocycles. The number of hydrogen-bond donors (Lipinski definition) is 1. The third-order valence-electron chi connectivity index (χ3n) is 2.49. The first-order valence-electron chi connectivity index (χ1n) is 5.23. The summed E-state index contributed by atoms with van der Waals surface area (Å²) in [5, 5.41) is 9.96. The molecule has 3 heteroatoms. The lowest BCUT2D eigenvalue weighted by Gasteiger charge is -2.14. The van der Waals surface area contributed by atoms with Crippen molar-refractivity contribution in [3.8, 4) is 0 Å². The van der Waals surface area contributed by atoms with Crippen molar-refractivity contribution in [1.29, 1.82) is 0 Å². The molecule has 0 bridgehead atoms. The molecule has 1 rings (SSSR count). The number of aromatic nitrogens is 1. The van der Waals surface area contributed by atoms with Crippen molar-refractivity contribution in [2.45, 2.75) is 46.1 Å². The molecule has 1 heterocycles. The van der Waals surface area contributed by atoms with Gasteiger partial charge in [0.05, 0.1) is 22.2 Å². The van der Waals surface area contributed by atoms with Gasteiger partial charge in [-0.05, 0) is 19.3 Å². The third-order valence-corrected chi connectivity index (χ3v) is 3.52. The molecule has 2 atom stereocenters. The molecule has 0 aliphatic rings. The Bertz CT molecular complexity index is 272. The van der Waals surface area contributed by atoms with Crippen LogP contribution in [0.3, 0.4) is 0 Å². The van der Waals surface area contributed by atoms with Crippen molar-refractivity contribution >= 4 is 11.3 Å². The highest BCUT2D eigenvalue weighted by molar-refractivity contribution is 7.09.